The number of benzene rings is 2. The number of carbonyl (C=O) groups is 2. The highest BCUT2D eigenvalue weighted by atomic mass is 35.5. The summed E-state index contributed by atoms with van der Waals surface area (Å²) in [5.41, 5.74) is 3.18. The Balaban J connectivity index is 1.77. The fourth-order valence-corrected chi connectivity index (χ4v) is 5.05. The van der Waals surface area contributed by atoms with Gasteiger partial charge in [0.2, 0.25) is 11.8 Å². The number of aryl methyl sites for hydroxylation is 1. The maximum Gasteiger partial charge on any atom is 0.243 e. The molecule has 2 amide bonds. The molecule has 0 radical (unpaired) electrons. The summed E-state index contributed by atoms with van der Waals surface area (Å²) in [6, 6.07) is 13.4. The molecule has 1 N–H and O–H groups in total. The second-order valence-electron chi connectivity index (χ2n) is 9.57. The van der Waals surface area contributed by atoms with Gasteiger partial charge in [-0.05, 0) is 60.4 Å². The number of hydrogen-bond acceptors (Lipinski definition) is 2. The van der Waals surface area contributed by atoms with E-state index in [1.165, 1.54) is 5.56 Å². The third kappa shape index (κ3) is 7.23. The van der Waals surface area contributed by atoms with Gasteiger partial charge in [-0.3, -0.25) is 9.59 Å². The molecule has 0 spiro atoms. The molecular weight excluding hydrogens is 467 g/mol. The Morgan fingerprint density at radius 1 is 1.06 bits per heavy atom. The van der Waals surface area contributed by atoms with Crippen LogP contribution in [0.2, 0.25) is 10.0 Å². The summed E-state index contributed by atoms with van der Waals surface area (Å²) in [6.45, 7) is 6.56. The Hall–Kier alpha value is -2.04. The second-order valence-corrected chi connectivity index (χ2v) is 10.4. The number of rotatable bonds is 10. The standard InChI is InChI=1S/C28H36Cl2N2O2/c1-4-26(28(34)31-24-7-5-6-8-24)32(18-22-14-15-23(29)17-25(22)30)27(33)16-11-20-9-12-21(13-10-20)19(2)3/h9-10,12-15,17,19,24,26H,4-8,11,16,18H2,1-3H3,(H,31,34). The van der Waals surface area contributed by atoms with Gasteiger partial charge in [-0.2, -0.15) is 0 Å². The van der Waals surface area contributed by atoms with Gasteiger partial charge in [-0.25, -0.2) is 0 Å². The summed E-state index contributed by atoms with van der Waals surface area (Å²) in [5.74, 6) is 0.348. The average Bonchev–Trinajstić information content (AvgIpc) is 3.32. The fourth-order valence-electron chi connectivity index (χ4n) is 4.58. The van der Waals surface area contributed by atoms with Crippen molar-refractivity contribution in [1.29, 1.82) is 0 Å². The molecule has 0 saturated heterocycles. The molecule has 4 nitrogen and oxygen atoms in total. The molecule has 0 bridgehead atoms. The fraction of sp³-hybridized carbons (Fsp3) is 0.500. The lowest BCUT2D eigenvalue weighted by Crippen LogP contribution is -2.51. The molecule has 6 heteroatoms. The second kappa shape index (κ2) is 12.6. The van der Waals surface area contributed by atoms with Crippen LogP contribution in [0.5, 0.6) is 0 Å². The quantitative estimate of drug-likeness (QED) is 0.383. The SMILES string of the molecule is CCC(C(=O)NC1CCCC1)N(Cc1ccc(Cl)cc1Cl)C(=O)CCc1ccc(C(C)C)cc1. The minimum Gasteiger partial charge on any atom is -0.352 e. The zero-order valence-electron chi connectivity index (χ0n) is 20.4. The van der Waals surface area contributed by atoms with E-state index in [2.05, 4.69) is 43.4 Å². The molecule has 184 valence electrons. The zero-order valence-corrected chi connectivity index (χ0v) is 22.0. The minimum absolute atomic E-state index is 0.0487. The van der Waals surface area contributed by atoms with Gasteiger partial charge in [0.25, 0.3) is 0 Å². The van der Waals surface area contributed by atoms with Crippen molar-refractivity contribution in [3.63, 3.8) is 0 Å². The summed E-state index contributed by atoms with van der Waals surface area (Å²) in [7, 11) is 0. The van der Waals surface area contributed by atoms with Gasteiger partial charge < -0.3 is 10.2 Å². The van der Waals surface area contributed by atoms with Crippen molar-refractivity contribution in [2.45, 2.75) is 90.3 Å². The predicted octanol–water partition coefficient (Wildman–Crippen LogP) is 6.92. The summed E-state index contributed by atoms with van der Waals surface area (Å²) in [5, 5.41) is 4.22. The first-order valence-corrected chi connectivity index (χ1v) is 13.2. The number of hydrogen-bond donors (Lipinski definition) is 1. The Morgan fingerprint density at radius 3 is 2.32 bits per heavy atom. The van der Waals surface area contributed by atoms with Crippen LogP contribution < -0.4 is 5.32 Å². The Kier molecular flexibility index (Phi) is 9.85. The van der Waals surface area contributed by atoms with Gasteiger partial charge in [0.1, 0.15) is 6.04 Å². The molecule has 1 aliphatic rings. The molecule has 1 atom stereocenters. The maximum absolute atomic E-state index is 13.5. The van der Waals surface area contributed by atoms with Gasteiger partial charge in [0.15, 0.2) is 0 Å². The van der Waals surface area contributed by atoms with E-state index in [-0.39, 0.29) is 24.4 Å². The molecule has 2 aromatic rings. The van der Waals surface area contributed by atoms with Crippen molar-refractivity contribution in [1.82, 2.24) is 10.2 Å². The van der Waals surface area contributed by atoms with Crippen LogP contribution in [0.1, 0.15) is 81.9 Å². The van der Waals surface area contributed by atoms with E-state index in [1.807, 2.05) is 13.0 Å². The summed E-state index contributed by atoms with van der Waals surface area (Å²) in [4.78, 5) is 28.4. The zero-order chi connectivity index (χ0) is 24.7. The highest BCUT2D eigenvalue weighted by Crippen LogP contribution is 2.25. The van der Waals surface area contributed by atoms with E-state index >= 15 is 0 Å². The lowest BCUT2D eigenvalue weighted by Gasteiger charge is -2.32. The third-order valence-corrected chi connectivity index (χ3v) is 7.30. The van der Waals surface area contributed by atoms with E-state index in [0.717, 1.165) is 36.8 Å². The molecular formula is C28H36Cl2N2O2. The molecule has 0 heterocycles. The Morgan fingerprint density at radius 2 is 1.74 bits per heavy atom. The van der Waals surface area contributed by atoms with Crippen molar-refractivity contribution in [2.24, 2.45) is 0 Å². The van der Waals surface area contributed by atoms with Crippen LogP contribution in [0.15, 0.2) is 42.5 Å². The maximum atomic E-state index is 13.5. The van der Waals surface area contributed by atoms with E-state index in [4.69, 9.17) is 23.2 Å². The van der Waals surface area contributed by atoms with E-state index in [9.17, 15) is 9.59 Å². The number of amides is 2. The topological polar surface area (TPSA) is 49.4 Å². The Bertz CT molecular complexity index is 969. The predicted molar refractivity (Wildman–Crippen MR) is 140 cm³/mol. The lowest BCUT2D eigenvalue weighted by atomic mass is 10.00. The van der Waals surface area contributed by atoms with Crippen molar-refractivity contribution < 1.29 is 9.59 Å². The number of carbonyl (C=O) groups excluding carboxylic acids is 2. The van der Waals surface area contributed by atoms with Crippen molar-refractivity contribution in [3.05, 3.63) is 69.2 Å². The molecule has 1 fully saturated rings. The van der Waals surface area contributed by atoms with Gasteiger partial charge in [0, 0.05) is 29.1 Å². The van der Waals surface area contributed by atoms with Crippen LogP contribution >= 0.6 is 23.2 Å². The first kappa shape index (κ1) is 26.6. The first-order valence-electron chi connectivity index (χ1n) is 12.4. The van der Waals surface area contributed by atoms with Crippen LogP contribution in [-0.4, -0.2) is 28.8 Å². The van der Waals surface area contributed by atoms with Crippen LogP contribution in [0.3, 0.4) is 0 Å². The number of nitrogens with zero attached hydrogens (tertiary/aromatic N) is 1. The lowest BCUT2D eigenvalue weighted by molar-refractivity contribution is -0.141. The van der Waals surface area contributed by atoms with Crippen LogP contribution in [0, 0.1) is 0 Å². The van der Waals surface area contributed by atoms with E-state index in [0.29, 0.717) is 35.2 Å². The molecule has 34 heavy (non-hydrogen) atoms. The first-order chi connectivity index (χ1) is 16.3. The minimum atomic E-state index is -0.539. The van der Waals surface area contributed by atoms with Gasteiger partial charge in [0.05, 0.1) is 0 Å². The van der Waals surface area contributed by atoms with E-state index < -0.39 is 6.04 Å². The molecule has 0 aliphatic heterocycles. The van der Waals surface area contributed by atoms with Gasteiger partial charge in [-0.15, -0.1) is 0 Å². The highest BCUT2D eigenvalue weighted by Gasteiger charge is 2.30. The number of nitrogens with one attached hydrogen (secondary N) is 1. The summed E-state index contributed by atoms with van der Waals surface area (Å²) >= 11 is 12.5. The summed E-state index contributed by atoms with van der Waals surface area (Å²) in [6.07, 6.45) is 5.79. The summed E-state index contributed by atoms with van der Waals surface area (Å²) < 4.78 is 0. The van der Waals surface area contributed by atoms with Gasteiger partial charge >= 0.3 is 0 Å². The Labute approximate surface area is 214 Å². The molecule has 3 rings (SSSR count). The van der Waals surface area contributed by atoms with Gasteiger partial charge in [-0.1, -0.05) is 87.1 Å². The van der Waals surface area contributed by atoms with Crippen molar-refractivity contribution in [3.8, 4) is 0 Å². The third-order valence-electron chi connectivity index (χ3n) is 6.72. The number of halogens is 2. The monoisotopic (exact) mass is 502 g/mol. The molecule has 1 aliphatic carbocycles. The van der Waals surface area contributed by atoms with Crippen molar-refractivity contribution >= 4 is 35.0 Å². The molecule has 0 aromatic heterocycles. The highest BCUT2D eigenvalue weighted by molar-refractivity contribution is 6.35. The van der Waals surface area contributed by atoms with Crippen LogP contribution in [0.4, 0.5) is 0 Å². The average molecular weight is 504 g/mol. The van der Waals surface area contributed by atoms with Crippen LogP contribution in [-0.2, 0) is 22.6 Å². The van der Waals surface area contributed by atoms with Crippen molar-refractivity contribution in [2.75, 3.05) is 0 Å². The van der Waals surface area contributed by atoms with E-state index in [1.54, 1.807) is 17.0 Å². The van der Waals surface area contributed by atoms with Crippen LogP contribution in [0.25, 0.3) is 0 Å². The normalized spacial score (nSPS) is 14.9. The largest absolute Gasteiger partial charge is 0.352 e. The molecule has 2 aromatic carbocycles. The smallest absolute Gasteiger partial charge is 0.243 e. The molecule has 1 unspecified atom stereocenters. The molecule has 1 saturated carbocycles.